The molecule has 162 valence electrons. The molecule has 0 spiro atoms. The van der Waals surface area contributed by atoms with Crippen LogP contribution in [0.4, 0.5) is 0 Å². The number of rotatable bonds is 13. The summed E-state index contributed by atoms with van der Waals surface area (Å²) < 4.78 is 2.93. The van der Waals surface area contributed by atoms with Gasteiger partial charge in [0.15, 0.2) is 0 Å². The van der Waals surface area contributed by atoms with Crippen molar-refractivity contribution in [1.82, 2.24) is 9.80 Å². The molecule has 0 atom stereocenters. The second kappa shape index (κ2) is 10.2. The Balaban J connectivity index is 0.928. The van der Waals surface area contributed by atoms with Crippen LogP contribution in [0.15, 0.2) is 0 Å². The molecule has 4 heteroatoms. The molecule has 6 aliphatic heterocycles. The summed E-state index contributed by atoms with van der Waals surface area (Å²) in [5.41, 5.74) is 0. The number of quaternary nitrogens is 2. The number of nitrogens with zero attached hydrogens (tertiary/aromatic N) is 4. The van der Waals surface area contributed by atoms with Gasteiger partial charge in [-0.1, -0.05) is 38.5 Å². The van der Waals surface area contributed by atoms with E-state index in [4.69, 9.17) is 0 Å². The van der Waals surface area contributed by atoms with E-state index in [2.05, 4.69) is 9.80 Å². The summed E-state index contributed by atoms with van der Waals surface area (Å²) in [7, 11) is 0. The standard InChI is InChI=1S/C24H48N4/c1(3-5-7-9-17-27-19-11-25(12-20-27)13-21-27)2-4-6-8-10-18-28-22-14-26(15-23-28)16-24-28/h1-24H2/q+2. The number of fused-ring (bicyclic) bond motifs is 6. The summed E-state index contributed by atoms with van der Waals surface area (Å²) >= 11 is 0. The summed E-state index contributed by atoms with van der Waals surface area (Å²) in [5.74, 6) is 0. The maximum absolute atomic E-state index is 2.66. The average molecular weight is 393 g/mol. The van der Waals surface area contributed by atoms with Gasteiger partial charge < -0.3 is 8.97 Å². The van der Waals surface area contributed by atoms with Gasteiger partial charge in [-0.05, 0) is 25.7 Å². The summed E-state index contributed by atoms with van der Waals surface area (Å²) in [6.45, 7) is 19.9. The first kappa shape index (κ1) is 21.1. The zero-order valence-electron chi connectivity index (χ0n) is 18.8. The van der Waals surface area contributed by atoms with E-state index in [9.17, 15) is 0 Å². The number of hydrogen-bond donors (Lipinski definition) is 0. The van der Waals surface area contributed by atoms with Crippen molar-refractivity contribution in [2.75, 3.05) is 91.6 Å². The SMILES string of the molecule is C(CCCCCC[N+]12CCN(CC1)CC2)CCCCC[N+]12CCN(CC1)CC2. The molecule has 6 saturated heterocycles. The van der Waals surface area contributed by atoms with Gasteiger partial charge >= 0.3 is 0 Å². The second-order valence-electron chi connectivity index (χ2n) is 10.7. The number of hydrogen-bond acceptors (Lipinski definition) is 2. The van der Waals surface area contributed by atoms with Gasteiger partial charge in [-0.3, -0.25) is 9.80 Å². The van der Waals surface area contributed by atoms with Gasteiger partial charge in [-0.15, -0.1) is 0 Å². The fourth-order valence-electron chi connectivity index (χ4n) is 6.44. The lowest BCUT2D eigenvalue weighted by atomic mass is 10.0. The van der Waals surface area contributed by atoms with E-state index in [0.29, 0.717) is 0 Å². The average Bonchev–Trinajstić information content (AvgIpc) is 2.77. The van der Waals surface area contributed by atoms with Crippen LogP contribution in [0.3, 0.4) is 0 Å². The normalized spacial score (nSPS) is 36.9. The smallest absolute Gasteiger partial charge is 0.0916 e. The van der Waals surface area contributed by atoms with Gasteiger partial charge in [0.05, 0.1) is 52.4 Å². The molecule has 4 nitrogen and oxygen atoms in total. The Morgan fingerprint density at radius 1 is 0.357 bits per heavy atom. The minimum Gasteiger partial charge on any atom is -0.320 e. The topological polar surface area (TPSA) is 6.48 Å². The Morgan fingerprint density at radius 3 is 0.893 bits per heavy atom. The Kier molecular flexibility index (Phi) is 7.71. The maximum atomic E-state index is 2.66. The van der Waals surface area contributed by atoms with Crippen LogP contribution in [-0.4, -0.2) is 110 Å². The lowest BCUT2D eigenvalue weighted by Gasteiger charge is -2.50. The Morgan fingerprint density at radius 2 is 0.607 bits per heavy atom. The fraction of sp³-hybridized carbons (Fsp3) is 1.00. The highest BCUT2D eigenvalue weighted by molar-refractivity contribution is 4.71. The predicted octanol–water partition coefficient (Wildman–Crippen LogP) is 3.18. The van der Waals surface area contributed by atoms with Crippen LogP contribution in [-0.2, 0) is 0 Å². The Hall–Kier alpha value is -0.160. The highest BCUT2D eigenvalue weighted by atomic mass is 15.5. The quantitative estimate of drug-likeness (QED) is 0.351. The molecule has 0 N–H and O–H groups in total. The van der Waals surface area contributed by atoms with Gasteiger partial charge in [0.2, 0.25) is 0 Å². The van der Waals surface area contributed by atoms with Crippen molar-refractivity contribution in [1.29, 1.82) is 0 Å². The monoisotopic (exact) mass is 392 g/mol. The number of piperazine rings is 6. The minimum absolute atomic E-state index is 1.37. The molecule has 6 heterocycles. The van der Waals surface area contributed by atoms with Gasteiger partial charge in [0, 0.05) is 39.3 Å². The largest absolute Gasteiger partial charge is 0.320 e. The first-order valence-electron chi connectivity index (χ1n) is 12.9. The zero-order chi connectivity index (χ0) is 19.1. The van der Waals surface area contributed by atoms with Gasteiger partial charge in [0.1, 0.15) is 0 Å². The maximum Gasteiger partial charge on any atom is 0.0916 e. The third-order valence-electron chi connectivity index (χ3n) is 8.86. The minimum atomic E-state index is 1.37. The van der Waals surface area contributed by atoms with Gasteiger partial charge in [-0.25, -0.2) is 0 Å². The third kappa shape index (κ3) is 5.71. The summed E-state index contributed by atoms with van der Waals surface area (Å²) in [4.78, 5) is 5.33. The Bertz CT molecular complexity index is 380. The zero-order valence-corrected chi connectivity index (χ0v) is 18.8. The highest BCUT2D eigenvalue weighted by Gasteiger charge is 2.38. The van der Waals surface area contributed by atoms with Crippen molar-refractivity contribution in [3.8, 4) is 0 Å². The molecular weight excluding hydrogens is 344 g/mol. The molecule has 0 aliphatic carbocycles. The van der Waals surface area contributed by atoms with Crippen LogP contribution < -0.4 is 0 Å². The van der Waals surface area contributed by atoms with E-state index in [1.165, 1.54) is 165 Å². The molecule has 0 aromatic carbocycles. The van der Waals surface area contributed by atoms with E-state index in [1.807, 2.05) is 0 Å². The van der Waals surface area contributed by atoms with Crippen LogP contribution in [0.5, 0.6) is 0 Å². The number of unbranched alkanes of at least 4 members (excludes halogenated alkanes) is 9. The summed E-state index contributed by atoms with van der Waals surface area (Å²) in [6.07, 6.45) is 14.9. The van der Waals surface area contributed by atoms with Gasteiger partial charge in [0.25, 0.3) is 0 Å². The van der Waals surface area contributed by atoms with Crippen LogP contribution in [0.25, 0.3) is 0 Å². The molecule has 0 unspecified atom stereocenters. The molecule has 4 bridgehead atoms. The van der Waals surface area contributed by atoms with Crippen molar-refractivity contribution < 1.29 is 8.97 Å². The molecular formula is C24H48N4+2. The van der Waals surface area contributed by atoms with Crippen LogP contribution >= 0.6 is 0 Å². The molecule has 0 aromatic heterocycles. The van der Waals surface area contributed by atoms with Crippen molar-refractivity contribution in [2.45, 2.75) is 64.2 Å². The molecule has 6 fully saturated rings. The first-order valence-corrected chi connectivity index (χ1v) is 12.9. The fourth-order valence-corrected chi connectivity index (χ4v) is 6.44. The summed E-state index contributed by atoms with van der Waals surface area (Å²) in [5, 5.41) is 0. The van der Waals surface area contributed by atoms with Crippen LogP contribution in [0.2, 0.25) is 0 Å². The lowest BCUT2D eigenvalue weighted by Crippen LogP contribution is -2.67. The first-order chi connectivity index (χ1) is 13.8. The molecule has 0 radical (unpaired) electrons. The molecule has 0 aromatic rings. The van der Waals surface area contributed by atoms with Crippen molar-refractivity contribution in [3.63, 3.8) is 0 Å². The van der Waals surface area contributed by atoms with Crippen LogP contribution in [0.1, 0.15) is 64.2 Å². The lowest BCUT2D eigenvalue weighted by molar-refractivity contribution is -0.941. The highest BCUT2D eigenvalue weighted by Crippen LogP contribution is 2.22. The predicted molar refractivity (Wildman–Crippen MR) is 119 cm³/mol. The van der Waals surface area contributed by atoms with Gasteiger partial charge in [-0.2, -0.15) is 0 Å². The van der Waals surface area contributed by atoms with E-state index in [1.54, 1.807) is 0 Å². The second-order valence-corrected chi connectivity index (χ2v) is 10.7. The summed E-state index contributed by atoms with van der Waals surface area (Å²) in [6, 6.07) is 0. The third-order valence-corrected chi connectivity index (χ3v) is 8.86. The van der Waals surface area contributed by atoms with Crippen molar-refractivity contribution >= 4 is 0 Å². The molecule has 6 aliphatic rings. The van der Waals surface area contributed by atoms with Crippen LogP contribution in [0, 0.1) is 0 Å². The molecule has 6 rings (SSSR count). The Labute approximate surface area is 175 Å². The van der Waals surface area contributed by atoms with E-state index >= 15 is 0 Å². The molecule has 0 saturated carbocycles. The van der Waals surface area contributed by atoms with Crippen molar-refractivity contribution in [2.24, 2.45) is 0 Å². The van der Waals surface area contributed by atoms with Crippen molar-refractivity contribution in [3.05, 3.63) is 0 Å². The van der Waals surface area contributed by atoms with E-state index in [-0.39, 0.29) is 0 Å². The molecule has 28 heavy (non-hydrogen) atoms. The van der Waals surface area contributed by atoms with E-state index in [0.717, 1.165) is 0 Å². The molecule has 0 amide bonds. The van der Waals surface area contributed by atoms with E-state index < -0.39 is 0 Å².